The SMILES string of the molecule is CCN1C(=CC2=CC3=CC(=Cc4sc5ccc6sccc6c5[n+]4CC)CCC3CC2)Sc2ccc(S(C)=O)cc21. The van der Waals surface area contributed by atoms with Crippen LogP contribution < -0.4 is 9.47 Å². The summed E-state index contributed by atoms with van der Waals surface area (Å²) in [6.45, 7) is 6.35. The third-order valence-electron chi connectivity index (χ3n) is 8.34. The molecule has 3 heterocycles. The van der Waals surface area contributed by atoms with Crippen molar-refractivity contribution in [3.8, 4) is 0 Å². The van der Waals surface area contributed by atoms with E-state index in [1.54, 1.807) is 6.26 Å². The van der Waals surface area contributed by atoms with Crippen molar-refractivity contribution in [2.45, 2.75) is 55.9 Å². The molecule has 7 heteroatoms. The Bertz CT molecular complexity index is 1800. The maximum absolute atomic E-state index is 12.1. The molecular weight excluding hydrogens is 569 g/mol. The molecule has 0 amide bonds. The van der Waals surface area contributed by atoms with E-state index >= 15 is 0 Å². The van der Waals surface area contributed by atoms with Crippen molar-refractivity contribution < 1.29 is 8.78 Å². The number of hydrogen-bond acceptors (Lipinski definition) is 5. The van der Waals surface area contributed by atoms with Gasteiger partial charge in [0.15, 0.2) is 0 Å². The molecule has 1 aliphatic heterocycles. The van der Waals surface area contributed by atoms with Crippen LogP contribution in [-0.4, -0.2) is 17.0 Å². The largest absolute Gasteiger partial charge is 0.335 e. The van der Waals surface area contributed by atoms with E-state index in [0.29, 0.717) is 5.92 Å². The predicted octanol–water partition coefficient (Wildman–Crippen LogP) is 9.07. The lowest BCUT2D eigenvalue weighted by Crippen LogP contribution is -2.33. The van der Waals surface area contributed by atoms with Gasteiger partial charge in [0.25, 0.3) is 5.01 Å². The molecular formula is C33H33N2OS4+. The molecule has 7 rings (SSSR count). The number of allylic oxidation sites excluding steroid dienone is 6. The Labute approximate surface area is 251 Å². The van der Waals surface area contributed by atoms with Crippen molar-refractivity contribution in [3.63, 3.8) is 0 Å². The molecule has 2 atom stereocenters. The van der Waals surface area contributed by atoms with Gasteiger partial charge in [-0.1, -0.05) is 35.3 Å². The van der Waals surface area contributed by atoms with Gasteiger partial charge in [-0.05, 0) is 110 Å². The molecule has 0 radical (unpaired) electrons. The van der Waals surface area contributed by atoms with Crippen LogP contribution in [0, 0.1) is 5.92 Å². The zero-order valence-corrected chi connectivity index (χ0v) is 26.4. The van der Waals surface area contributed by atoms with Crippen LogP contribution in [0.4, 0.5) is 5.69 Å². The number of benzene rings is 2. The summed E-state index contributed by atoms with van der Waals surface area (Å²) in [4.78, 5) is 4.53. The summed E-state index contributed by atoms with van der Waals surface area (Å²) >= 11 is 5.59. The second-order valence-corrected chi connectivity index (χ2v) is 15.2. The number of nitrogens with zero attached hydrogens (tertiary/aromatic N) is 2. The van der Waals surface area contributed by atoms with E-state index in [2.05, 4.69) is 83.3 Å². The van der Waals surface area contributed by atoms with Gasteiger partial charge < -0.3 is 4.90 Å². The topological polar surface area (TPSA) is 24.2 Å². The fourth-order valence-corrected chi connectivity index (χ4v) is 10.0. The molecule has 3 nitrogen and oxygen atoms in total. The van der Waals surface area contributed by atoms with Crippen molar-refractivity contribution in [1.82, 2.24) is 0 Å². The molecule has 0 N–H and O–H groups in total. The fourth-order valence-electron chi connectivity index (χ4n) is 6.32. The predicted molar refractivity (Wildman–Crippen MR) is 175 cm³/mol. The molecule has 4 aromatic rings. The molecule has 0 bridgehead atoms. The average Bonchev–Trinajstić information content (AvgIpc) is 3.66. The van der Waals surface area contributed by atoms with E-state index in [4.69, 9.17) is 0 Å². The number of rotatable bonds is 5. The lowest BCUT2D eigenvalue weighted by molar-refractivity contribution is -0.664. The summed E-state index contributed by atoms with van der Waals surface area (Å²) in [6.07, 6.45) is 16.3. The average molecular weight is 602 g/mol. The highest BCUT2D eigenvalue weighted by Crippen LogP contribution is 2.48. The van der Waals surface area contributed by atoms with E-state index in [1.807, 2.05) is 40.5 Å². The Balaban J connectivity index is 1.21. The lowest BCUT2D eigenvalue weighted by Gasteiger charge is -2.28. The summed E-state index contributed by atoms with van der Waals surface area (Å²) in [5, 5.41) is 6.23. The summed E-state index contributed by atoms with van der Waals surface area (Å²) < 4.78 is 17.3. The van der Waals surface area contributed by atoms with Crippen LogP contribution in [0.3, 0.4) is 0 Å². The maximum Gasteiger partial charge on any atom is 0.263 e. The Hall–Kier alpha value is -2.45. The van der Waals surface area contributed by atoms with Crippen molar-refractivity contribution in [2.24, 2.45) is 5.92 Å². The van der Waals surface area contributed by atoms with Gasteiger partial charge in [-0.15, -0.1) is 11.3 Å². The van der Waals surface area contributed by atoms with Crippen LogP contribution in [0.1, 0.15) is 44.5 Å². The molecule has 40 heavy (non-hydrogen) atoms. The second-order valence-electron chi connectivity index (χ2n) is 10.7. The number of fused-ring (bicyclic) bond motifs is 5. The summed E-state index contributed by atoms with van der Waals surface area (Å²) in [5.74, 6) is 0.670. The highest BCUT2D eigenvalue weighted by molar-refractivity contribution is 8.03. The molecule has 2 unspecified atom stereocenters. The third kappa shape index (κ3) is 4.65. The molecule has 0 fully saturated rings. The molecule has 3 aliphatic rings. The quantitative estimate of drug-likeness (QED) is 0.213. The normalized spacial score (nSPS) is 21.7. The first-order chi connectivity index (χ1) is 19.5. The van der Waals surface area contributed by atoms with Gasteiger partial charge in [0.2, 0.25) is 5.52 Å². The first-order valence-electron chi connectivity index (χ1n) is 14.1. The number of aryl methyl sites for hydroxylation is 1. The van der Waals surface area contributed by atoms with Crippen molar-refractivity contribution >= 4 is 77.3 Å². The van der Waals surface area contributed by atoms with Gasteiger partial charge in [0, 0.05) is 44.2 Å². The number of thiophene rings is 1. The minimum absolute atomic E-state index is 0.670. The lowest BCUT2D eigenvalue weighted by atomic mass is 9.77. The van der Waals surface area contributed by atoms with Crippen LogP contribution in [0.15, 0.2) is 91.5 Å². The number of aromatic nitrogens is 1. The Kier molecular flexibility index (Phi) is 7.11. The monoisotopic (exact) mass is 601 g/mol. The zero-order chi connectivity index (χ0) is 27.4. The first-order valence-corrected chi connectivity index (χ1v) is 18.2. The van der Waals surface area contributed by atoms with Gasteiger partial charge >= 0.3 is 0 Å². The number of hydrogen-bond donors (Lipinski definition) is 0. The van der Waals surface area contributed by atoms with Crippen LogP contribution in [0.2, 0.25) is 0 Å². The smallest absolute Gasteiger partial charge is 0.263 e. The molecule has 0 saturated carbocycles. The van der Waals surface area contributed by atoms with Crippen molar-refractivity contribution in [3.05, 3.63) is 86.8 Å². The van der Waals surface area contributed by atoms with Gasteiger partial charge in [0.05, 0.1) is 16.1 Å². The van der Waals surface area contributed by atoms with Crippen LogP contribution in [0.25, 0.3) is 26.4 Å². The molecule has 2 aliphatic carbocycles. The maximum atomic E-state index is 12.1. The Morgan fingerprint density at radius 2 is 1.90 bits per heavy atom. The Morgan fingerprint density at radius 3 is 2.73 bits per heavy atom. The third-order valence-corrected chi connectivity index (χ3v) is 12.4. The molecule has 2 aromatic heterocycles. The standard InChI is InChI=1S/C33H33N2OS4/c1-4-34-27-20-25(40(3)36)10-11-29(27)38-31(34)18-21-6-8-23-9-7-22(17-24(23)16-21)19-32-35(5-2)33-26-14-15-37-28(26)12-13-30(33)39-32/h10-20,23H,4-9H2,1-3H3/q+1. The van der Waals surface area contributed by atoms with Gasteiger partial charge in [-0.25, -0.2) is 0 Å². The van der Waals surface area contributed by atoms with Gasteiger partial charge in [-0.3, -0.25) is 4.21 Å². The van der Waals surface area contributed by atoms with Crippen molar-refractivity contribution in [1.29, 1.82) is 0 Å². The minimum Gasteiger partial charge on any atom is -0.335 e. The van der Waals surface area contributed by atoms with Crippen LogP contribution in [0.5, 0.6) is 0 Å². The van der Waals surface area contributed by atoms with E-state index in [-0.39, 0.29) is 0 Å². The second kappa shape index (κ2) is 10.8. The van der Waals surface area contributed by atoms with E-state index in [9.17, 15) is 4.21 Å². The number of anilines is 1. The molecule has 204 valence electrons. The summed E-state index contributed by atoms with van der Waals surface area (Å²) in [7, 11) is -0.970. The highest BCUT2D eigenvalue weighted by Gasteiger charge is 2.28. The fraction of sp³-hybridized carbons (Fsp3) is 0.303. The van der Waals surface area contributed by atoms with Crippen LogP contribution >= 0.6 is 34.4 Å². The molecule has 0 spiro atoms. The van der Waals surface area contributed by atoms with Crippen molar-refractivity contribution in [2.75, 3.05) is 17.7 Å². The first kappa shape index (κ1) is 26.4. The Morgan fingerprint density at radius 1 is 1.05 bits per heavy atom. The zero-order valence-electron chi connectivity index (χ0n) is 23.1. The number of thioether (sulfide) groups is 1. The minimum atomic E-state index is -0.970. The van der Waals surface area contributed by atoms with E-state index in [1.165, 1.54) is 70.5 Å². The summed E-state index contributed by atoms with van der Waals surface area (Å²) in [5.41, 5.74) is 6.94. The van der Waals surface area contributed by atoms with Gasteiger partial charge in [0.1, 0.15) is 11.2 Å². The van der Waals surface area contributed by atoms with E-state index < -0.39 is 10.8 Å². The van der Waals surface area contributed by atoms with Gasteiger partial charge in [-0.2, -0.15) is 4.57 Å². The number of thiazole rings is 1. The highest BCUT2D eigenvalue weighted by atomic mass is 32.2. The van der Waals surface area contributed by atoms with E-state index in [0.717, 1.165) is 30.8 Å². The van der Waals surface area contributed by atoms with Crippen LogP contribution in [-0.2, 0) is 17.3 Å². The molecule has 2 aromatic carbocycles. The molecule has 0 saturated heterocycles. The summed E-state index contributed by atoms with van der Waals surface area (Å²) in [6, 6.07) is 13.1.